The Bertz CT molecular complexity index is 431. The van der Waals surface area contributed by atoms with Gasteiger partial charge in [-0.1, -0.05) is 12.1 Å². The minimum Gasteiger partial charge on any atom is -0.355 e. The van der Waals surface area contributed by atoms with Crippen LogP contribution in [0.1, 0.15) is 18.7 Å². The van der Waals surface area contributed by atoms with E-state index in [9.17, 15) is 4.39 Å². The number of aromatic amines is 1. The van der Waals surface area contributed by atoms with E-state index in [1.807, 2.05) is 18.2 Å². The molecule has 0 fully saturated rings. The number of fused-ring (bicyclic) bond motifs is 1. The molecule has 3 N–H and O–H groups in total. The molecule has 1 aromatic carbocycles. The van der Waals surface area contributed by atoms with Crippen molar-refractivity contribution >= 4 is 10.9 Å². The molecule has 1 aromatic heterocycles. The summed E-state index contributed by atoms with van der Waals surface area (Å²) in [6, 6.07) is 6.96. The molecule has 0 unspecified atom stereocenters. The van der Waals surface area contributed by atoms with Crippen LogP contribution in [-0.2, 0) is 0 Å². The Morgan fingerprint density at radius 2 is 2.08 bits per heavy atom. The van der Waals surface area contributed by atoms with Crippen LogP contribution >= 0.6 is 0 Å². The van der Waals surface area contributed by atoms with E-state index in [1.54, 1.807) is 13.0 Å². The van der Waals surface area contributed by atoms with Gasteiger partial charge >= 0.3 is 0 Å². The third kappa shape index (κ3) is 1.21. The van der Waals surface area contributed by atoms with E-state index in [4.69, 9.17) is 5.73 Å². The maximum Gasteiger partial charge on any atom is 0.153 e. The molecule has 0 aliphatic carbocycles. The van der Waals surface area contributed by atoms with Gasteiger partial charge in [-0.05, 0) is 19.1 Å². The van der Waals surface area contributed by atoms with Crippen LogP contribution in [0.3, 0.4) is 0 Å². The van der Waals surface area contributed by atoms with Crippen LogP contribution in [0.25, 0.3) is 10.9 Å². The van der Waals surface area contributed by atoms with Gasteiger partial charge in [0.15, 0.2) is 5.82 Å². The molecule has 1 atom stereocenters. The van der Waals surface area contributed by atoms with Gasteiger partial charge in [-0.15, -0.1) is 0 Å². The van der Waals surface area contributed by atoms with Crippen LogP contribution in [0.15, 0.2) is 24.3 Å². The van der Waals surface area contributed by atoms with E-state index in [1.165, 1.54) is 0 Å². The molecule has 0 saturated heterocycles. The molecule has 68 valence electrons. The van der Waals surface area contributed by atoms with Crippen molar-refractivity contribution in [3.05, 3.63) is 35.8 Å². The highest BCUT2D eigenvalue weighted by molar-refractivity contribution is 5.81. The largest absolute Gasteiger partial charge is 0.355 e. The van der Waals surface area contributed by atoms with Gasteiger partial charge in [0, 0.05) is 16.9 Å². The number of nitrogens with two attached hydrogens (primary N) is 1. The third-order valence-corrected chi connectivity index (χ3v) is 2.12. The van der Waals surface area contributed by atoms with E-state index >= 15 is 0 Å². The number of nitrogens with one attached hydrogen (secondary N) is 1. The van der Waals surface area contributed by atoms with Crippen molar-refractivity contribution in [2.24, 2.45) is 5.73 Å². The van der Waals surface area contributed by atoms with Crippen LogP contribution in [0.4, 0.5) is 4.39 Å². The monoisotopic (exact) mass is 178 g/mol. The molecule has 2 rings (SSSR count). The first-order valence-electron chi connectivity index (χ1n) is 4.22. The van der Waals surface area contributed by atoms with Gasteiger partial charge in [-0.2, -0.15) is 0 Å². The zero-order chi connectivity index (χ0) is 9.42. The van der Waals surface area contributed by atoms with Crippen molar-refractivity contribution in [1.82, 2.24) is 4.98 Å². The second kappa shape index (κ2) is 2.85. The summed E-state index contributed by atoms with van der Waals surface area (Å²) in [6.45, 7) is 1.76. The fraction of sp³-hybridized carbons (Fsp3) is 0.200. The Hall–Kier alpha value is -1.35. The average Bonchev–Trinajstić information content (AvgIpc) is 2.45. The summed E-state index contributed by atoms with van der Waals surface area (Å²) in [7, 11) is 0. The minimum atomic E-state index is -0.299. The number of hydrogen-bond donors (Lipinski definition) is 2. The number of H-pyrrole nitrogens is 1. The van der Waals surface area contributed by atoms with Gasteiger partial charge in [-0.25, -0.2) is 4.39 Å². The Morgan fingerprint density at radius 3 is 2.69 bits per heavy atom. The number of hydrogen-bond acceptors (Lipinski definition) is 1. The molecule has 3 heteroatoms. The smallest absolute Gasteiger partial charge is 0.153 e. The Labute approximate surface area is 75.6 Å². The molecule has 2 aromatic rings. The molecule has 0 bridgehead atoms. The zero-order valence-corrected chi connectivity index (χ0v) is 7.34. The number of benzene rings is 1. The van der Waals surface area contributed by atoms with Gasteiger partial charge in [0.2, 0.25) is 0 Å². The lowest BCUT2D eigenvalue weighted by Crippen LogP contribution is -2.06. The summed E-state index contributed by atoms with van der Waals surface area (Å²) in [5.74, 6) is -0.231. The highest BCUT2D eigenvalue weighted by atomic mass is 19.1. The number of para-hydroxylation sites is 1. The second-order valence-corrected chi connectivity index (χ2v) is 3.19. The van der Waals surface area contributed by atoms with Crippen molar-refractivity contribution < 1.29 is 4.39 Å². The maximum atomic E-state index is 13.6. The van der Waals surface area contributed by atoms with Crippen LogP contribution < -0.4 is 5.73 Å². The zero-order valence-electron chi connectivity index (χ0n) is 7.34. The van der Waals surface area contributed by atoms with Crippen LogP contribution in [0.2, 0.25) is 0 Å². The Balaban J connectivity index is 2.74. The highest BCUT2D eigenvalue weighted by Gasteiger charge is 2.12. The molecule has 13 heavy (non-hydrogen) atoms. The van der Waals surface area contributed by atoms with E-state index in [0.717, 1.165) is 5.52 Å². The molecule has 0 saturated carbocycles. The van der Waals surface area contributed by atoms with E-state index in [2.05, 4.69) is 4.98 Å². The van der Waals surface area contributed by atoms with Gasteiger partial charge in [0.25, 0.3) is 0 Å². The first kappa shape index (κ1) is 8.26. The number of aromatic nitrogens is 1. The van der Waals surface area contributed by atoms with Crippen LogP contribution in [0, 0.1) is 5.82 Å². The quantitative estimate of drug-likeness (QED) is 0.691. The average molecular weight is 178 g/mol. The lowest BCUT2D eigenvalue weighted by Gasteiger charge is -2.00. The summed E-state index contributed by atoms with van der Waals surface area (Å²) in [6.07, 6.45) is 0. The van der Waals surface area contributed by atoms with Crippen LogP contribution in [0.5, 0.6) is 0 Å². The first-order valence-corrected chi connectivity index (χ1v) is 4.22. The predicted molar refractivity (Wildman–Crippen MR) is 50.9 cm³/mol. The predicted octanol–water partition coefficient (Wildman–Crippen LogP) is 2.33. The van der Waals surface area contributed by atoms with E-state index in [-0.39, 0.29) is 11.9 Å². The summed E-state index contributed by atoms with van der Waals surface area (Å²) in [5, 5.41) is 0.606. The number of halogens is 1. The minimum absolute atomic E-state index is 0.231. The molecule has 0 spiro atoms. The SMILES string of the molecule is C[C@@H](N)c1[nH]c2ccccc2c1F. The highest BCUT2D eigenvalue weighted by Crippen LogP contribution is 2.23. The van der Waals surface area contributed by atoms with Crippen molar-refractivity contribution in [2.45, 2.75) is 13.0 Å². The van der Waals surface area contributed by atoms with Gasteiger partial charge in [-0.3, -0.25) is 0 Å². The summed E-state index contributed by atoms with van der Waals surface area (Å²) in [5.41, 5.74) is 6.88. The van der Waals surface area contributed by atoms with Crippen molar-refractivity contribution in [3.8, 4) is 0 Å². The summed E-state index contributed by atoms with van der Waals surface area (Å²) >= 11 is 0. The molecule has 0 aliphatic rings. The van der Waals surface area contributed by atoms with E-state index in [0.29, 0.717) is 11.1 Å². The summed E-state index contributed by atoms with van der Waals surface area (Å²) in [4.78, 5) is 2.96. The Kier molecular flexibility index (Phi) is 1.81. The topological polar surface area (TPSA) is 41.8 Å². The lowest BCUT2D eigenvalue weighted by molar-refractivity contribution is 0.599. The summed E-state index contributed by atoms with van der Waals surface area (Å²) < 4.78 is 13.6. The second-order valence-electron chi connectivity index (χ2n) is 3.19. The van der Waals surface area contributed by atoms with Gasteiger partial charge < -0.3 is 10.7 Å². The van der Waals surface area contributed by atoms with E-state index < -0.39 is 0 Å². The van der Waals surface area contributed by atoms with Crippen molar-refractivity contribution in [2.75, 3.05) is 0 Å². The van der Waals surface area contributed by atoms with Crippen LogP contribution in [-0.4, -0.2) is 4.98 Å². The molecule has 2 nitrogen and oxygen atoms in total. The Morgan fingerprint density at radius 1 is 1.38 bits per heavy atom. The first-order chi connectivity index (χ1) is 6.20. The maximum absolute atomic E-state index is 13.6. The standard InChI is InChI=1S/C10H11FN2/c1-6(12)10-9(11)7-4-2-3-5-8(7)13-10/h2-6,13H,12H2,1H3/t6-/m1/s1. The third-order valence-electron chi connectivity index (χ3n) is 2.12. The fourth-order valence-corrected chi connectivity index (χ4v) is 1.44. The molecule has 0 radical (unpaired) electrons. The normalized spacial score (nSPS) is 13.5. The van der Waals surface area contributed by atoms with Gasteiger partial charge in [0.1, 0.15) is 0 Å². The molecule has 0 aliphatic heterocycles. The fourth-order valence-electron chi connectivity index (χ4n) is 1.44. The lowest BCUT2D eigenvalue weighted by atomic mass is 10.2. The molecular weight excluding hydrogens is 167 g/mol. The molecule has 1 heterocycles. The number of rotatable bonds is 1. The van der Waals surface area contributed by atoms with Gasteiger partial charge in [0.05, 0.1) is 5.69 Å². The van der Waals surface area contributed by atoms with Crippen molar-refractivity contribution in [3.63, 3.8) is 0 Å². The molecule has 0 amide bonds. The molecular formula is C10H11FN2. The van der Waals surface area contributed by atoms with Crippen molar-refractivity contribution in [1.29, 1.82) is 0 Å².